The van der Waals surface area contributed by atoms with Gasteiger partial charge in [-0.25, -0.2) is 4.39 Å². The molecule has 2 rings (SSSR count). The van der Waals surface area contributed by atoms with Crippen LogP contribution in [0, 0.1) is 17.7 Å². The predicted molar refractivity (Wildman–Crippen MR) is 96.3 cm³/mol. The summed E-state index contributed by atoms with van der Waals surface area (Å²) in [6.45, 7) is 5.89. The van der Waals surface area contributed by atoms with Crippen LogP contribution < -0.4 is 10.1 Å². The van der Waals surface area contributed by atoms with Gasteiger partial charge in [0.15, 0.2) is 17.7 Å². The number of methoxy groups -OCH3 is 1. The molecule has 1 amide bonds. The Morgan fingerprint density at radius 2 is 2.04 bits per heavy atom. The smallest absolute Gasteiger partial charge is 0.311 e. The van der Waals surface area contributed by atoms with Crippen LogP contribution in [-0.4, -0.2) is 31.1 Å². The lowest BCUT2D eigenvalue weighted by molar-refractivity contribution is -0.154. The number of hydrogen-bond donors (Lipinski definition) is 1. The molecule has 0 aromatic heterocycles. The average Bonchev–Trinajstić information content (AvgIpc) is 2.59. The number of ether oxygens (including phenoxy) is 2. The van der Waals surface area contributed by atoms with E-state index in [0.29, 0.717) is 17.4 Å². The SMILES string of the molecule is COc1ccc(CC(=O)O[C@H](C)C(=O)N[C@H]2CCC[C@H](C)[C@H]2C)cc1F. The summed E-state index contributed by atoms with van der Waals surface area (Å²) in [7, 11) is 1.38. The van der Waals surface area contributed by atoms with Gasteiger partial charge in [0.2, 0.25) is 0 Å². The van der Waals surface area contributed by atoms with Crippen LogP contribution in [0.1, 0.15) is 45.6 Å². The summed E-state index contributed by atoms with van der Waals surface area (Å²) in [5.41, 5.74) is 0.468. The maximum atomic E-state index is 13.7. The molecule has 1 fully saturated rings. The lowest BCUT2D eigenvalue weighted by Crippen LogP contribution is -2.47. The second kappa shape index (κ2) is 9.01. The lowest BCUT2D eigenvalue weighted by Gasteiger charge is -2.35. The molecule has 0 unspecified atom stereocenters. The van der Waals surface area contributed by atoms with Crippen molar-refractivity contribution in [1.82, 2.24) is 5.32 Å². The summed E-state index contributed by atoms with van der Waals surface area (Å²) in [6, 6.07) is 4.40. The molecule has 1 N–H and O–H groups in total. The number of hydrogen-bond acceptors (Lipinski definition) is 4. The van der Waals surface area contributed by atoms with Crippen molar-refractivity contribution in [3.05, 3.63) is 29.6 Å². The van der Waals surface area contributed by atoms with Crippen molar-refractivity contribution >= 4 is 11.9 Å². The van der Waals surface area contributed by atoms with Crippen molar-refractivity contribution in [3.8, 4) is 5.75 Å². The average molecular weight is 365 g/mol. The molecule has 0 aliphatic heterocycles. The van der Waals surface area contributed by atoms with Crippen LogP contribution in [0.3, 0.4) is 0 Å². The fourth-order valence-electron chi connectivity index (χ4n) is 3.36. The van der Waals surface area contributed by atoms with Crippen LogP contribution in [0.15, 0.2) is 18.2 Å². The van der Waals surface area contributed by atoms with Gasteiger partial charge in [-0.2, -0.15) is 0 Å². The van der Waals surface area contributed by atoms with Crippen molar-refractivity contribution in [2.45, 2.75) is 58.6 Å². The highest BCUT2D eigenvalue weighted by molar-refractivity contribution is 5.84. The van der Waals surface area contributed by atoms with E-state index in [1.165, 1.54) is 25.7 Å². The van der Waals surface area contributed by atoms with Gasteiger partial charge < -0.3 is 14.8 Å². The Morgan fingerprint density at radius 3 is 2.69 bits per heavy atom. The normalized spacial score (nSPS) is 23.8. The van der Waals surface area contributed by atoms with Crippen LogP contribution in [0.5, 0.6) is 5.75 Å². The maximum absolute atomic E-state index is 13.7. The third-order valence-corrected chi connectivity index (χ3v) is 5.28. The Bertz CT molecular complexity index is 649. The van der Waals surface area contributed by atoms with E-state index in [-0.39, 0.29) is 24.1 Å². The summed E-state index contributed by atoms with van der Waals surface area (Å²) in [5, 5.41) is 3.00. The minimum absolute atomic E-state index is 0.102. The van der Waals surface area contributed by atoms with Gasteiger partial charge in [0, 0.05) is 6.04 Å². The number of carbonyl (C=O) groups is 2. The van der Waals surface area contributed by atoms with Crippen molar-refractivity contribution in [2.75, 3.05) is 7.11 Å². The van der Waals surface area contributed by atoms with Crippen LogP contribution >= 0.6 is 0 Å². The van der Waals surface area contributed by atoms with E-state index in [4.69, 9.17) is 9.47 Å². The quantitative estimate of drug-likeness (QED) is 0.786. The van der Waals surface area contributed by atoms with E-state index in [0.717, 1.165) is 12.8 Å². The third kappa shape index (κ3) is 5.19. The molecule has 1 aromatic rings. The molecular weight excluding hydrogens is 337 g/mol. The minimum Gasteiger partial charge on any atom is -0.494 e. The van der Waals surface area contributed by atoms with Gasteiger partial charge in [-0.15, -0.1) is 0 Å². The van der Waals surface area contributed by atoms with E-state index in [2.05, 4.69) is 19.2 Å². The van der Waals surface area contributed by atoms with Crippen LogP contribution in [0.25, 0.3) is 0 Å². The Balaban J connectivity index is 1.86. The monoisotopic (exact) mass is 365 g/mol. The van der Waals surface area contributed by atoms with Gasteiger partial charge in [0.25, 0.3) is 5.91 Å². The molecule has 0 radical (unpaired) electrons. The maximum Gasteiger partial charge on any atom is 0.311 e. The Morgan fingerprint density at radius 1 is 1.31 bits per heavy atom. The molecule has 4 atom stereocenters. The number of rotatable bonds is 6. The summed E-state index contributed by atoms with van der Waals surface area (Å²) >= 11 is 0. The number of halogens is 1. The number of nitrogens with one attached hydrogen (secondary N) is 1. The fraction of sp³-hybridized carbons (Fsp3) is 0.600. The number of carbonyl (C=O) groups excluding carboxylic acids is 2. The molecule has 1 aliphatic carbocycles. The summed E-state index contributed by atoms with van der Waals surface area (Å²) in [4.78, 5) is 24.4. The Labute approximate surface area is 154 Å². The summed E-state index contributed by atoms with van der Waals surface area (Å²) in [5.74, 6) is -0.308. The molecule has 1 aromatic carbocycles. The molecule has 0 bridgehead atoms. The fourth-order valence-corrected chi connectivity index (χ4v) is 3.36. The molecule has 5 nitrogen and oxygen atoms in total. The van der Waals surface area contributed by atoms with Crippen molar-refractivity contribution < 1.29 is 23.5 Å². The van der Waals surface area contributed by atoms with Crippen molar-refractivity contribution in [3.63, 3.8) is 0 Å². The van der Waals surface area contributed by atoms with E-state index in [1.807, 2.05) is 0 Å². The van der Waals surface area contributed by atoms with Crippen LogP contribution in [0.4, 0.5) is 4.39 Å². The van der Waals surface area contributed by atoms with Crippen LogP contribution in [0.2, 0.25) is 0 Å². The first-order valence-electron chi connectivity index (χ1n) is 9.14. The molecular formula is C20H28FNO4. The third-order valence-electron chi connectivity index (χ3n) is 5.28. The van der Waals surface area contributed by atoms with Crippen molar-refractivity contribution in [2.24, 2.45) is 11.8 Å². The van der Waals surface area contributed by atoms with E-state index in [9.17, 15) is 14.0 Å². The topological polar surface area (TPSA) is 64.6 Å². The minimum atomic E-state index is -0.880. The first-order valence-corrected chi connectivity index (χ1v) is 9.14. The molecule has 0 spiro atoms. The van der Waals surface area contributed by atoms with E-state index in [1.54, 1.807) is 13.0 Å². The second-order valence-electron chi connectivity index (χ2n) is 7.16. The highest BCUT2D eigenvalue weighted by atomic mass is 19.1. The molecule has 1 saturated carbocycles. The molecule has 26 heavy (non-hydrogen) atoms. The van der Waals surface area contributed by atoms with E-state index < -0.39 is 17.9 Å². The summed E-state index contributed by atoms with van der Waals surface area (Å²) < 4.78 is 23.7. The van der Waals surface area contributed by atoms with Crippen molar-refractivity contribution in [1.29, 1.82) is 0 Å². The van der Waals surface area contributed by atoms with Gasteiger partial charge in [-0.1, -0.05) is 32.8 Å². The molecule has 1 aliphatic rings. The molecule has 0 heterocycles. The zero-order chi connectivity index (χ0) is 19.3. The highest BCUT2D eigenvalue weighted by Crippen LogP contribution is 2.29. The molecule has 6 heteroatoms. The lowest BCUT2D eigenvalue weighted by atomic mass is 9.78. The molecule has 0 saturated heterocycles. The number of esters is 1. The largest absolute Gasteiger partial charge is 0.494 e. The first-order chi connectivity index (χ1) is 12.3. The Kier molecular flexibility index (Phi) is 7.00. The number of amides is 1. The predicted octanol–water partition coefficient (Wildman–Crippen LogP) is 3.25. The van der Waals surface area contributed by atoms with Gasteiger partial charge in [0.1, 0.15) is 0 Å². The standard InChI is InChI=1S/C20H28FNO4/c1-12-6-5-7-17(13(12)2)22-20(24)14(3)26-19(23)11-15-8-9-18(25-4)16(21)10-15/h8-10,12-14,17H,5-7,11H2,1-4H3,(H,22,24)/t12-,13+,14+,17-/m0/s1. The highest BCUT2D eigenvalue weighted by Gasteiger charge is 2.30. The first kappa shape index (κ1) is 20.2. The van der Waals surface area contributed by atoms with Crippen LogP contribution in [-0.2, 0) is 20.7 Å². The van der Waals surface area contributed by atoms with E-state index >= 15 is 0 Å². The van der Waals surface area contributed by atoms with Gasteiger partial charge in [-0.3, -0.25) is 9.59 Å². The Hall–Kier alpha value is -2.11. The zero-order valence-electron chi connectivity index (χ0n) is 15.9. The summed E-state index contributed by atoms with van der Waals surface area (Å²) in [6.07, 6.45) is 2.23. The zero-order valence-corrected chi connectivity index (χ0v) is 15.9. The van der Waals surface area contributed by atoms with Gasteiger partial charge in [0.05, 0.1) is 13.5 Å². The van der Waals surface area contributed by atoms with Gasteiger partial charge in [-0.05, 0) is 42.9 Å². The molecule has 144 valence electrons. The van der Waals surface area contributed by atoms with Gasteiger partial charge >= 0.3 is 5.97 Å². The number of benzene rings is 1. The second-order valence-corrected chi connectivity index (χ2v) is 7.16.